The molecule has 1 aliphatic rings. The molecule has 19 heavy (non-hydrogen) atoms. The average molecular weight is 285 g/mol. The second-order valence-electron chi connectivity index (χ2n) is 5.67. The number of nitrogens with one attached hydrogen (secondary N) is 1. The summed E-state index contributed by atoms with van der Waals surface area (Å²) in [5.74, 6) is 1.16. The summed E-state index contributed by atoms with van der Waals surface area (Å²) in [6.07, 6.45) is 2.25. The Morgan fingerprint density at radius 2 is 2.16 bits per heavy atom. The summed E-state index contributed by atoms with van der Waals surface area (Å²) in [6, 6.07) is 0. The molecule has 1 aliphatic heterocycles. The Bertz CT molecular complexity index is 414. The van der Waals surface area contributed by atoms with Gasteiger partial charge in [0.05, 0.1) is 6.10 Å². The summed E-state index contributed by atoms with van der Waals surface area (Å²) in [7, 11) is 0. The number of ether oxygens (including phenoxy) is 2. The molecule has 2 rings (SSSR count). The van der Waals surface area contributed by atoms with Crippen molar-refractivity contribution in [1.82, 2.24) is 4.37 Å². The van der Waals surface area contributed by atoms with E-state index < -0.39 is 0 Å². The first-order valence-electron chi connectivity index (χ1n) is 6.74. The molecule has 0 atom stereocenters. The van der Waals surface area contributed by atoms with E-state index in [0.29, 0.717) is 11.6 Å². The molecule has 0 aromatic carbocycles. The van der Waals surface area contributed by atoms with Crippen molar-refractivity contribution in [3.8, 4) is 5.75 Å². The van der Waals surface area contributed by atoms with Crippen molar-refractivity contribution in [1.29, 1.82) is 0 Å². The fraction of sp³-hybridized carbons (Fsp3) is 0.769. The molecular formula is C13H23N3O2S. The highest BCUT2D eigenvalue weighted by atomic mass is 32.1. The summed E-state index contributed by atoms with van der Waals surface area (Å²) in [5, 5.41) is 4.37. The molecule has 0 unspecified atom stereocenters. The van der Waals surface area contributed by atoms with Crippen LogP contribution in [-0.4, -0.2) is 30.2 Å². The van der Waals surface area contributed by atoms with Gasteiger partial charge in [0.1, 0.15) is 0 Å². The van der Waals surface area contributed by atoms with E-state index in [4.69, 9.17) is 15.2 Å². The van der Waals surface area contributed by atoms with Crippen LogP contribution < -0.4 is 15.8 Å². The number of anilines is 2. The second kappa shape index (κ2) is 5.96. The monoisotopic (exact) mass is 285 g/mol. The van der Waals surface area contributed by atoms with Crippen LogP contribution in [0.2, 0.25) is 0 Å². The van der Waals surface area contributed by atoms with Crippen molar-refractivity contribution in [2.45, 2.75) is 39.7 Å². The minimum absolute atomic E-state index is 0.0953. The third kappa shape index (κ3) is 3.73. The standard InChI is InChI=1S/C13H23N3O2S/c1-9(2)18-10-11(14)16-19-12(10)15-8-13(3)4-6-17-7-5-13/h9,15H,4-8H2,1-3H3,(H2,14,16). The second-order valence-corrected chi connectivity index (χ2v) is 6.44. The number of hydrogen-bond acceptors (Lipinski definition) is 6. The quantitative estimate of drug-likeness (QED) is 0.870. The molecule has 2 heterocycles. The highest BCUT2D eigenvalue weighted by Crippen LogP contribution is 2.38. The minimum atomic E-state index is 0.0953. The Balaban J connectivity index is 1.99. The van der Waals surface area contributed by atoms with Gasteiger partial charge in [0, 0.05) is 19.8 Å². The SMILES string of the molecule is CC(C)Oc1c(N)nsc1NCC1(C)CCOCC1. The van der Waals surface area contributed by atoms with Crippen molar-refractivity contribution in [2.75, 3.05) is 30.8 Å². The average Bonchev–Trinajstić information content (AvgIpc) is 2.69. The van der Waals surface area contributed by atoms with Gasteiger partial charge in [-0.3, -0.25) is 0 Å². The summed E-state index contributed by atoms with van der Waals surface area (Å²) >= 11 is 1.36. The lowest BCUT2D eigenvalue weighted by atomic mass is 9.82. The molecule has 0 amide bonds. The molecule has 0 spiro atoms. The van der Waals surface area contributed by atoms with Crippen LogP contribution in [0.3, 0.4) is 0 Å². The molecular weight excluding hydrogens is 262 g/mol. The van der Waals surface area contributed by atoms with Crippen LogP contribution in [0.25, 0.3) is 0 Å². The van der Waals surface area contributed by atoms with Crippen LogP contribution in [0, 0.1) is 5.41 Å². The zero-order chi connectivity index (χ0) is 13.9. The molecule has 5 nitrogen and oxygen atoms in total. The summed E-state index contributed by atoms with van der Waals surface area (Å²) in [4.78, 5) is 0. The van der Waals surface area contributed by atoms with Crippen LogP contribution in [0.5, 0.6) is 5.75 Å². The third-order valence-corrected chi connectivity index (χ3v) is 4.20. The zero-order valence-electron chi connectivity index (χ0n) is 11.9. The van der Waals surface area contributed by atoms with E-state index in [-0.39, 0.29) is 11.5 Å². The van der Waals surface area contributed by atoms with Gasteiger partial charge in [0.25, 0.3) is 0 Å². The van der Waals surface area contributed by atoms with E-state index >= 15 is 0 Å². The molecule has 108 valence electrons. The summed E-state index contributed by atoms with van der Waals surface area (Å²) in [5.41, 5.74) is 6.12. The fourth-order valence-electron chi connectivity index (χ4n) is 2.09. The summed E-state index contributed by atoms with van der Waals surface area (Å²) in [6.45, 7) is 8.85. The Morgan fingerprint density at radius 3 is 2.79 bits per heavy atom. The van der Waals surface area contributed by atoms with Gasteiger partial charge in [-0.2, -0.15) is 4.37 Å². The smallest absolute Gasteiger partial charge is 0.197 e. The van der Waals surface area contributed by atoms with Gasteiger partial charge in [0.2, 0.25) is 0 Å². The predicted octanol–water partition coefficient (Wildman–Crippen LogP) is 2.74. The minimum Gasteiger partial charge on any atom is -0.484 e. The van der Waals surface area contributed by atoms with E-state index in [2.05, 4.69) is 16.6 Å². The van der Waals surface area contributed by atoms with Gasteiger partial charge < -0.3 is 20.5 Å². The normalized spacial score (nSPS) is 18.5. The highest BCUT2D eigenvalue weighted by molar-refractivity contribution is 7.11. The number of hydrogen-bond donors (Lipinski definition) is 2. The first kappa shape index (κ1) is 14.4. The highest BCUT2D eigenvalue weighted by Gasteiger charge is 2.28. The molecule has 0 radical (unpaired) electrons. The van der Waals surface area contributed by atoms with Crippen molar-refractivity contribution in [3.63, 3.8) is 0 Å². The number of aromatic nitrogens is 1. The van der Waals surface area contributed by atoms with Crippen LogP contribution in [0.4, 0.5) is 10.8 Å². The van der Waals surface area contributed by atoms with Gasteiger partial charge in [-0.25, -0.2) is 0 Å². The molecule has 0 aliphatic carbocycles. The number of nitrogen functional groups attached to an aromatic ring is 1. The maximum absolute atomic E-state index is 5.85. The van der Waals surface area contributed by atoms with E-state index in [1.165, 1.54) is 11.5 Å². The third-order valence-electron chi connectivity index (χ3n) is 3.40. The molecule has 3 N–H and O–H groups in total. The number of rotatable bonds is 5. The first-order valence-corrected chi connectivity index (χ1v) is 7.51. The van der Waals surface area contributed by atoms with Gasteiger partial charge in [-0.1, -0.05) is 6.92 Å². The summed E-state index contributed by atoms with van der Waals surface area (Å²) < 4.78 is 15.3. The van der Waals surface area contributed by atoms with Crippen molar-refractivity contribution < 1.29 is 9.47 Å². The lowest BCUT2D eigenvalue weighted by molar-refractivity contribution is 0.0300. The van der Waals surface area contributed by atoms with Gasteiger partial charge in [-0.05, 0) is 43.6 Å². The van der Waals surface area contributed by atoms with Crippen LogP contribution in [0.1, 0.15) is 33.6 Å². The van der Waals surface area contributed by atoms with Crippen LogP contribution in [0.15, 0.2) is 0 Å². The lowest BCUT2D eigenvalue weighted by Gasteiger charge is -2.33. The molecule has 1 aromatic heterocycles. The maximum atomic E-state index is 5.85. The van der Waals surface area contributed by atoms with Gasteiger partial charge in [-0.15, -0.1) is 0 Å². The van der Waals surface area contributed by atoms with E-state index in [1.807, 2.05) is 13.8 Å². The molecule has 1 fully saturated rings. The molecule has 1 aromatic rings. The maximum Gasteiger partial charge on any atom is 0.197 e. The van der Waals surface area contributed by atoms with E-state index in [1.54, 1.807) is 0 Å². The Hall–Kier alpha value is -1.01. The Labute approximate surface area is 118 Å². The molecule has 1 saturated heterocycles. The van der Waals surface area contributed by atoms with E-state index in [0.717, 1.165) is 37.6 Å². The number of nitrogens with two attached hydrogens (primary N) is 1. The fourth-order valence-corrected chi connectivity index (χ4v) is 2.74. The Kier molecular flexibility index (Phi) is 4.52. The van der Waals surface area contributed by atoms with Crippen molar-refractivity contribution in [2.24, 2.45) is 5.41 Å². The van der Waals surface area contributed by atoms with Crippen molar-refractivity contribution in [3.05, 3.63) is 0 Å². The van der Waals surface area contributed by atoms with Crippen LogP contribution >= 0.6 is 11.5 Å². The van der Waals surface area contributed by atoms with Crippen LogP contribution in [-0.2, 0) is 4.74 Å². The molecule has 0 bridgehead atoms. The lowest BCUT2D eigenvalue weighted by Crippen LogP contribution is -2.33. The molecule has 0 saturated carbocycles. The van der Waals surface area contributed by atoms with Gasteiger partial charge in [0.15, 0.2) is 16.6 Å². The predicted molar refractivity (Wildman–Crippen MR) is 78.9 cm³/mol. The van der Waals surface area contributed by atoms with Crippen molar-refractivity contribution >= 4 is 22.4 Å². The van der Waals surface area contributed by atoms with E-state index in [9.17, 15) is 0 Å². The first-order chi connectivity index (χ1) is 9.00. The number of nitrogens with zero attached hydrogens (tertiary/aromatic N) is 1. The molecule has 6 heteroatoms. The largest absolute Gasteiger partial charge is 0.484 e. The Morgan fingerprint density at radius 1 is 1.47 bits per heavy atom. The van der Waals surface area contributed by atoms with Gasteiger partial charge >= 0.3 is 0 Å². The topological polar surface area (TPSA) is 69.4 Å². The zero-order valence-corrected chi connectivity index (χ0v) is 12.7.